The van der Waals surface area contributed by atoms with Gasteiger partial charge in [0.05, 0.1) is 11.6 Å². The van der Waals surface area contributed by atoms with Crippen molar-refractivity contribution >= 4 is 6.09 Å². The quantitative estimate of drug-likeness (QED) is 0.734. The van der Waals surface area contributed by atoms with Crippen LogP contribution in [0.2, 0.25) is 0 Å². The summed E-state index contributed by atoms with van der Waals surface area (Å²) in [7, 11) is 0. The fraction of sp³-hybridized carbons (Fsp3) is 0.944. The third kappa shape index (κ3) is 8.02. The first-order valence-corrected chi connectivity index (χ1v) is 8.48. The van der Waals surface area contributed by atoms with Crippen LogP contribution in [-0.2, 0) is 4.74 Å². The van der Waals surface area contributed by atoms with E-state index >= 15 is 0 Å². The second-order valence-corrected chi connectivity index (χ2v) is 8.67. The number of carbonyl (C=O) groups is 1. The Labute approximate surface area is 137 Å². The van der Waals surface area contributed by atoms with E-state index in [2.05, 4.69) is 33.0 Å². The highest BCUT2D eigenvalue weighted by Crippen LogP contribution is 2.32. The SMILES string of the molecule is CC(C)CC(O)(CC(C)C)[C@@H](NC(=O)OC(C)(C)C)C(C)C. The zero-order valence-electron chi connectivity index (χ0n) is 16.0. The fourth-order valence-corrected chi connectivity index (χ4v) is 3.11. The molecule has 0 rings (SSSR count). The van der Waals surface area contributed by atoms with Crippen LogP contribution in [0.15, 0.2) is 0 Å². The highest BCUT2D eigenvalue weighted by molar-refractivity contribution is 5.68. The van der Waals surface area contributed by atoms with Crippen molar-refractivity contribution in [1.29, 1.82) is 0 Å². The van der Waals surface area contributed by atoms with Crippen LogP contribution in [0.5, 0.6) is 0 Å². The zero-order chi connectivity index (χ0) is 17.7. The fourth-order valence-electron chi connectivity index (χ4n) is 3.11. The zero-order valence-corrected chi connectivity index (χ0v) is 16.0. The summed E-state index contributed by atoms with van der Waals surface area (Å²) in [5, 5.41) is 14.2. The number of alkyl carbamates (subject to hydrolysis) is 1. The van der Waals surface area contributed by atoms with Crippen LogP contribution in [0.4, 0.5) is 4.79 Å². The van der Waals surface area contributed by atoms with Gasteiger partial charge in [0.2, 0.25) is 0 Å². The molecule has 0 saturated carbocycles. The van der Waals surface area contributed by atoms with Gasteiger partial charge in [-0.2, -0.15) is 0 Å². The minimum Gasteiger partial charge on any atom is -0.444 e. The van der Waals surface area contributed by atoms with E-state index in [1.54, 1.807) is 0 Å². The molecule has 0 aromatic carbocycles. The molecule has 132 valence electrons. The second-order valence-electron chi connectivity index (χ2n) is 8.67. The lowest BCUT2D eigenvalue weighted by Crippen LogP contribution is -2.57. The predicted molar refractivity (Wildman–Crippen MR) is 91.9 cm³/mol. The number of hydrogen-bond donors (Lipinski definition) is 2. The molecular formula is C18H37NO3. The highest BCUT2D eigenvalue weighted by Gasteiger charge is 2.41. The van der Waals surface area contributed by atoms with E-state index in [-0.39, 0.29) is 12.0 Å². The molecule has 0 heterocycles. The van der Waals surface area contributed by atoms with Gasteiger partial charge in [-0.15, -0.1) is 0 Å². The maximum atomic E-state index is 12.1. The Hall–Kier alpha value is -0.770. The van der Waals surface area contributed by atoms with Crippen molar-refractivity contribution < 1.29 is 14.6 Å². The third-order valence-corrected chi connectivity index (χ3v) is 3.44. The van der Waals surface area contributed by atoms with E-state index in [0.717, 1.165) is 0 Å². The van der Waals surface area contributed by atoms with Crippen LogP contribution >= 0.6 is 0 Å². The third-order valence-electron chi connectivity index (χ3n) is 3.44. The lowest BCUT2D eigenvalue weighted by atomic mass is 9.75. The minimum absolute atomic E-state index is 0.120. The van der Waals surface area contributed by atoms with E-state index < -0.39 is 17.3 Å². The smallest absolute Gasteiger partial charge is 0.407 e. The predicted octanol–water partition coefficient (Wildman–Crippen LogP) is 4.36. The van der Waals surface area contributed by atoms with Crippen molar-refractivity contribution in [3.8, 4) is 0 Å². The van der Waals surface area contributed by atoms with Gasteiger partial charge < -0.3 is 15.2 Å². The molecule has 0 saturated heterocycles. The highest BCUT2D eigenvalue weighted by atomic mass is 16.6. The van der Waals surface area contributed by atoms with Crippen LogP contribution in [0, 0.1) is 17.8 Å². The number of hydrogen-bond acceptors (Lipinski definition) is 3. The molecule has 4 nitrogen and oxygen atoms in total. The van der Waals surface area contributed by atoms with Gasteiger partial charge in [-0.05, 0) is 51.4 Å². The molecule has 2 N–H and O–H groups in total. The largest absolute Gasteiger partial charge is 0.444 e. The van der Waals surface area contributed by atoms with Gasteiger partial charge >= 0.3 is 6.09 Å². The molecule has 0 aliphatic heterocycles. The molecular weight excluding hydrogens is 278 g/mol. The lowest BCUT2D eigenvalue weighted by molar-refractivity contribution is -0.0496. The van der Waals surface area contributed by atoms with Crippen molar-refractivity contribution in [3.63, 3.8) is 0 Å². The summed E-state index contributed by atoms with van der Waals surface area (Å²) in [4.78, 5) is 12.1. The normalized spacial score (nSPS) is 14.6. The van der Waals surface area contributed by atoms with Crippen molar-refractivity contribution in [1.82, 2.24) is 5.32 Å². The summed E-state index contributed by atoms with van der Waals surface area (Å²) in [6, 6.07) is -0.327. The van der Waals surface area contributed by atoms with Gasteiger partial charge in [0.15, 0.2) is 0 Å². The monoisotopic (exact) mass is 315 g/mol. The first-order chi connectivity index (χ1) is 9.77. The van der Waals surface area contributed by atoms with Gasteiger partial charge in [-0.3, -0.25) is 0 Å². The molecule has 0 aromatic heterocycles. The molecule has 22 heavy (non-hydrogen) atoms. The summed E-state index contributed by atoms with van der Waals surface area (Å²) in [5.41, 5.74) is -1.47. The van der Waals surface area contributed by atoms with Crippen molar-refractivity contribution in [2.45, 2.75) is 92.4 Å². The second kappa shape index (κ2) is 8.19. The summed E-state index contributed by atoms with van der Waals surface area (Å²) < 4.78 is 5.36. The van der Waals surface area contributed by atoms with Gasteiger partial charge in [-0.25, -0.2) is 4.79 Å². The molecule has 1 amide bonds. The van der Waals surface area contributed by atoms with E-state index in [1.807, 2.05) is 34.6 Å². The first-order valence-electron chi connectivity index (χ1n) is 8.48. The number of ether oxygens (including phenoxy) is 1. The first kappa shape index (κ1) is 21.2. The van der Waals surface area contributed by atoms with Crippen LogP contribution in [0.1, 0.15) is 75.2 Å². The van der Waals surface area contributed by atoms with Gasteiger partial charge in [0, 0.05) is 0 Å². The van der Waals surface area contributed by atoms with Gasteiger partial charge in [-0.1, -0.05) is 41.5 Å². The van der Waals surface area contributed by atoms with Crippen LogP contribution < -0.4 is 5.32 Å². The van der Waals surface area contributed by atoms with Crippen molar-refractivity contribution in [2.75, 3.05) is 0 Å². The van der Waals surface area contributed by atoms with E-state index in [4.69, 9.17) is 4.74 Å². The van der Waals surface area contributed by atoms with Crippen molar-refractivity contribution in [3.05, 3.63) is 0 Å². The lowest BCUT2D eigenvalue weighted by Gasteiger charge is -2.41. The summed E-state index contributed by atoms with van der Waals surface area (Å²) in [6.45, 7) is 17.9. The number of nitrogens with one attached hydrogen (secondary N) is 1. The number of aliphatic hydroxyl groups is 1. The van der Waals surface area contributed by atoms with E-state index in [9.17, 15) is 9.90 Å². The van der Waals surface area contributed by atoms with E-state index in [1.165, 1.54) is 0 Å². The molecule has 0 spiro atoms. The maximum Gasteiger partial charge on any atom is 0.407 e. The molecule has 0 aliphatic carbocycles. The molecule has 1 atom stereocenters. The number of amides is 1. The minimum atomic E-state index is -0.923. The summed E-state index contributed by atoms with van der Waals surface area (Å²) in [5.74, 6) is 0.825. The Morgan fingerprint density at radius 1 is 1.00 bits per heavy atom. The Morgan fingerprint density at radius 2 is 1.41 bits per heavy atom. The molecule has 0 fully saturated rings. The number of carbonyl (C=O) groups excluding carboxylic acids is 1. The number of rotatable bonds is 7. The Kier molecular flexibility index (Phi) is 7.90. The Morgan fingerprint density at radius 3 is 1.68 bits per heavy atom. The molecule has 0 aromatic rings. The Bertz CT molecular complexity index is 333. The van der Waals surface area contributed by atoms with Crippen LogP contribution in [-0.4, -0.2) is 28.4 Å². The molecule has 0 bridgehead atoms. The van der Waals surface area contributed by atoms with Crippen molar-refractivity contribution in [2.24, 2.45) is 17.8 Å². The van der Waals surface area contributed by atoms with Crippen LogP contribution in [0.25, 0.3) is 0 Å². The standard InChI is InChI=1S/C18H37NO3/c1-12(2)10-18(21,11-13(3)4)15(14(5)6)19-16(20)22-17(7,8)9/h12-15,21H,10-11H2,1-9H3,(H,19,20)/t15-/m0/s1. The van der Waals surface area contributed by atoms with Crippen LogP contribution in [0.3, 0.4) is 0 Å². The molecule has 0 radical (unpaired) electrons. The van der Waals surface area contributed by atoms with Gasteiger partial charge in [0.1, 0.15) is 5.60 Å². The molecule has 0 aliphatic rings. The average molecular weight is 315 g/mol. The summed E-state index contributed by atoms with van der Waals surface area (Å²) in [6.07, 6.45) is 0.852. The average Bonchev–Trinajstić information content (AvgIpc) is 2.19. The van der Waals surface area contributed by atoms with Gasteiger partial charge in [0.25, 0.3) is 0 Å². The maximum absolute atomic E-state index is 12.1. The Balaban J connectivity index is 5.25. The van der Waals surface area contributed by atoms with E-state index in [0.29, 0.717) is 24.7 Å². The topological polar surface area (TPSA) is 58.6 Å². The molecule has 0 unspecified atom stereocenters. The summed E-state index contributed by atoms with van der Waals surface area (Å²) >= 11 is 0. The molecule has 4 heteroatoms.